The monoisotopic (exact) mass is 423 g/mol. The van der Waals surface area contributed by atoms with Crippen molar-refractivity contribution in [3.63, 3.8) is 0 Å². The number of nitrogens with zero attached hydrogens (tertiary/aromatic N) is 4. The molecule has 10 heteroatoms. The van der Waals surface area contributed by atoms with Gasteiger partial charge in [-0.3, -0.25) is 14.3 Å². The highest BCUT2D eigenvalue weighted by molar-refractivity contribution is 5.95. The Bertz CT molecular complexity index is 925. The van der Waals surface area contributed by atoms with Gasteiger partial charge in [-0.25, -0.2) is 4.98 Å². The van der Waals surface area contributed by atoms with Crippen molar-refractivity contribution < 1.29 is 22.8 Å². The van der Waals surface area contributed by atoms with Gasteiger partial charge in [0.15, 0.2) is 0 Å². The summed E-state index contributed by atoms with van der Waals surface area (Å²) >= 11 is 0. The fourth-order valence-corrected chi connectivity index (χ4v) is 3.48. The molecule has 3 heterocycles. The van der Waals surface area contributed by atoms with E-state index in [-0.39, 0.29) is 23.2 Å². The molecule has 7 nitrogen and oxygen atoms in total. The highest BCUT2D eigenvalue weighted by Crippen LogP contribution is 2.28. The normalized spacial score (nSPS) is 17.5. The van der Waals surface area contributed by atoms with Crippen LogP contribution in [0.4, 0.5) is 13.2 Å². The molecule has 1 saturated heterocycles. The zero-order valence-corrected chi connectivity index (χ0v) is 16.9. The Morgan fingerprint density at radius 3 is 2.60 bits per heavy atom. The number of alkyl halides is 3. The minimum absolute atomic E-state index is 0.0271. The van der Waals surface area contributed by atoms with E-state index in [4.69, 9.17) is 0 Å². The number of likely N-dealkylation sites (tertiary alicyclic amines) is 1. The highest BCUT2D eigenvalue weighted by Gasteiger charge is 2.33. The van der Waals surface area contributed by atoms with Crippen molar-refractivity contribution in [3.8, 4) is 0 Å². The number of hydrogen-bond acceptors (Lipinski definition) is 4. The fourth-order valence-electron chi connectivity index (χ4n) is 3.48. The maximum absolute atomic E-state index is 12.8. The largest absolute Gasteiger partial charge is 0.433 e. The van der Waals surface area contributed by atoms with Gasteiger partial charge in [0.2, 0.25) is 0 Å². The number of nitrogens with one attached hydrogen (secondary N) is 1. The van der Waals surface area contributed by atoms with Gasteiger partial charge in [-0.15, -0.1) is 0 Å². The van der Waals surface area contributed by atoms with Crippen LogP contribution in [0.25, 0.3) is 0 Å². The number of amides is 2. The summed E-state index contributed by atoms with van der Waals surface area (Å²) in [5, 5.41) is 7.11. The molecule has 2 aromatic rings. The predicted molar refractivity (Wildman–Crippen MR) is 103 cm³/mol. The molecule has 1 atom stereocenters. The Morgan fingerprint density at radius 1 is 1.20 bits per heavy atom. The van der Waals surface area contributed by atoms with Crippen molar-refractivity contribution in [3.05, 3.63) is 47.0 Å². The van der Waals surface area contributed by atoms with E-state index in [1.807, 2.05) is 6.92 Å². The van der Waals surface area contributed by atoms with Crippen LogP contribution in [0.2, 0.25) is 0 Å². The lowest BCUT2D eigenvalue weighted by molar-refractivity contribution is -0.141. The van der Waals surface area contributed by atoms with Crippen LogP contribution in [-0.4, -0.2) is 50.6 Å². The summed E-state index contributed by atoms with van der Waals surface area (Å²) < 4.78 is 40.0. The molecule has 2 amide bonds. The molecule has 1 aliphatic heterocycles. The number of carbonyl (C=O) groups is 2. The maximum atomic E-state index is 12.8. The third kappa shape index (κ3) is 4.98. The summed E-state index contributed by atoms with van der Waals surface area (Å²) in [5.74, 6) is -0.600. The Labute approximate surface area is 172 Å². The summed E-state index contributed by atoms with van der Waals surface area (Å²) in [6.45, 7) is 5.03. The molecule has 0 bridgehead atoms. The summed E-state index contributed by atoms with van der Waals surface area (Å²) in [7, 11) is 0. The van der Waals surface area contributed by atoms with Crippen LogP contribution in [0.3, 0.4) is 0 Å². The van der Waals surface area contributed by atoms with E-state index in [1.165, 1.54) is 6.92 Å². The van der Waals surface area contributed by atoms with E-state index in [1.54, 1.807) is 21.8 Å². The minimum Gasteiger partial charge on any atom is -0.349 e. The molecule has 0 aromatic carbocycles. The number of pyridine rings is 1. The molecular weight excluding hydrogens is 399 g/mol. The van der Waals surface area contributed by atoms with Crippen molar-refractivity contribution >= 4 is 11.8 Å². The van der Waals surface area contributed by atoms with Gasteiger partial charge < -0.3 is 10.2 Å². The standard InChI is InChI=1S/C20H24F3N5O2/c1-3-28-12-9-16(26-28)19(30)27-10-4-5-14(8-11-27)25-18(29)15-6-7-17(20(21,22)23)24-13(15)2/h6-7,9,12,14H,3-5,8,10-11H2,1-2H3,(H,25,29)/t14-/m1/s1. The van der Waals surface area contributed by atoms with Crippen molar-refractivity contribution in [2.75, 3.05) is 13.1 Å². The van der Waals surface area contributed by atoms with E-state index in [2.05, 4.69) is 15.4 Å². The third-order valence-corrected chi connectivity index (χ3v) is 5.16. The van der Waals surface area contributed by atoms with Crippen LogP contribution in [0.15, 0.2) is 24.4 Å². The summed E-state index contributed by atoms with van der Waals surface area (Å²) in [4.78, 5) is 30.4. The smallest absolute Gasteiger partial charge is 0.349 e. The molecule has 30 heavy (non-hydrogen) atoms. The SMILES string of the molecule is CCn1ccc(C(=O)N2CCC[C@@H](NC(=O)c3ccc(C(F)(F)F)nc3C)CC2)n1. The van der Waals surface area contributed by atoms with Crippen molar-refractivity contribution in [2.24, 2.45) is 0 Å². The molecule has 0 saturated carbocycles. The van der Waals surface area contributed by atoms with Crippen LogP contribution in [0.5, 0.6) is 0 Å². The Hall–Kier alpha value is -2.91. The predicted octanol–water partition coefficient (Wildman–Crippen LogP) is 3.05. The second kappa shape index (κ2) is 8.85. The molecule has 1 fully saturated rings. The average molecular weight is 423 g/mol. The van der Waals surface area contributed by atoms with Crippen molar-refractivity contribution in [2.45, 2.75) is 51.9 Å². The van der Waals surface area contributed by atoms with Crippen LogP contribution in [0, 0.1) is 6.92 Å². The number of halogens is 3. The quantitative estimate of drug-likeness (QED) is 0.820. The Balaban J connectivity index is 1.60. The van der Waals surface area contributed by atoms with E-state index >= 15 is 0 Å². The zero-order valence-electron chi connectivity index (χ0n) is 16.9. The van der Waals surface area contributed by atoms with Gasteiger partial charge in [0.25, 0.3) is 11.8 Å². The van der Waals surface area contributed by atoms with Gasteiger partial charge >= 0.3 is 6.18 Å². The van der Waals surface area contributed by atoms with Gasteiger partial charge in [-0.2, -0.15) is 18.3 Å². The molecule has 2 aromatic heterocycles. The minimum atomic E-state index is -4.55. The maximum Gasteiger partial charge on any atom is 0.433 e. The third-order valence-electron chi connectivity index (χ3n) is 5.16. The first-order valence-corrected chi connectivity index (χ1v) is 9.87. The molecule has 3 rings (SSSR count). The fraction of sp³-hybridized carbons (Fsp3) is 0.500. The average Bonchev–Trinajstić information content (AvgIpc) is 3.06. The molecule has 1 N–H and O–H groups in total. The lowest BCUT2D eigenvalue weighted by Gasteiger charge is -2.20. The molecule has 1 aliphatic rings. The van der Waals surface area contributed by atoms with Gasteiger partial charge in [0, 0.05) is 31.9 Å². The zero-order chi connectivity index (χ0) is 21.9. The summed E-state index contributed by atoms with van der Waals surface area (Å²) in [6.07, 6.45) is -0.862. The lowest BCUT2D eigenvalue weighted by atomic mass is 10.1. The lowest BCUT2D eigenvalue weighted by Crippen LogP contribution is -2.37. The Morgan fingerprint density at radius 2 is 1.97 bits per heavy atom. The Kier molecular flexibility index (Phi) is 6.42. The molecule has 0 spiro atoms. The number of rotatable bonds is 4. The number of aromatic nitrogens is 3. The molecule has 0 radical (unpaired) electrons. The first kappa shape index (κ1) is 21.8. The molecule has 0 aliphatic carbocycles. The van der Waals surface area contributed by atoms with E-state index < -0.39 is 17.8 Å². The van der Waals surface area contributed by atoms with Crippen molar-refractivity contribution in [1.29, 1.82) is 0 Å². The van der Waals surface area contributed by atoms with Crippen LogP contribution >= 0.6 is 0 Å². The first-order chi connectivity index (χ1) is 14.2. The second-order valence-electron chi connectivity index (χ2n) is 7.28. The van der Waals surface area contributed by atoms with E-state index in [0.717, 1.165) is 12.1 Å². The summed E-state index contributed by atoms with van der Waals surface area (Å²) in [6, 6.07) is 3.48. The highest BCUT2D eigenvalue weighted by atomic mass is 19.4. The van der Waals surface area contributed by atoms with Gasteiger partial charge in [0.05, 0.1) is 11.3 Å². The van der Waals surface area contributed by atoms with Crippen LogP contribution in [0.1, 0.15) is 58.4 Å². The van der Waals surface area contributed by atoms with Gasteiger partial charge in [-0.05, 0) is 51.3 Å². The molecular formula is C20H24F3N5O2. The van der Waals surface area contributed by atoms with Crippen molar-refractivity contribution in [1.82, 2.24) is 25.0 Å². The van der Waals surface area contributed by atoms with E-state index in [9.17, 15) is 22.8 Å². The van der Waals surface area contributed by atoms with Crippen LogP contribution < -0.4 is 5.32 Å². The number of carbonyl (C=O) groups excluding carboxylic acids is 2. The molecule has 0 unspecified atom stereocenters. The van der Waals surface area contributed by atoms with E-state index in [0.29, 0.717) is 44.6 Å². The second-order valence-corrected chi connectivity index (χ2v) is 7.28. The first-order valence-electron chi connectivity index (χ1n) is 9.87. The summed E-state index contributed by atoms with van der Waals surface area (Å²) in [5.41, 5.74) is -0.485. The molecule has 162 valence electrons. The van der Waals surface area contributed by atoms with Crippen LogP contribution in [-0.2, 0) is 12.7 Å². The van der Waals surface area contributed by atoms with Gasteiger partial charge in [0.1, 0.15) is 11.4 Å². The van der Waals surface area contributed by atoms with Gasteiger partial charge in [-0.1, -0.05) is 0 Å². The number of hydrogen-bond donors (Lipinski definition) is 1. The topological polar surface area (TPSA) is 80.1 Å². The number of aryl methyl sites for hydroxylation is 2.